The van der Waals surface area contributed by atoms with Crippen LogP contribution in [0.1, 0.15) is 73.8 Å². The van der Waals surface area contributed by atoms with E-state index in [-0.39, 0.29) is 6.42 Å². The fraction of sp³-hybridized carbons (Fsp3) is 0.550. The molecule has 0 radical (unpaired) electrons. The molecule has 0 aliphatic heterocycles. The maximum absolute atomic E-state index is 10.3. The van der Waals surface area contributed by atoms with Crippen molar-refractivity contribution in [2.75, 3.05) is 0 Å². The van der Waals surface area contributed by atoms with Crippen molar-refractivity contribution in [1.82, 2.24) is 0 Å². The number of unbranched alkanes of at least 4 members (excludes halogenated alkanes) is 4. The van der Waals surface area contributed by atoms with Crippen LogP contribution in [0.2, 0.25) is 0 Å². The molecule has 0 aromatic heterocycles. The van der Waals surface area contributed by atoms with Crippen molar-refractivity contribution in [2.24, 2.45) is 0 Å². The second-order valence-electron chi connectivity index (χ2n) is 5.17. The van der Waals surface area contributed by atoms with Gasteiger partial charge in [0, 0.05) is 9.16 Å². The summed E-state index contributed by atoms with van der Waals surface area (Å²) in [6, 6.07) is 0. The highest BCUT2D eigenvalue weighted by Crippen LogP contribution is 2.01. The highest BCUT2D eigenvalue weighted by atomic mass is 16.4. The number of rotatable bonds is 14. The van der Waals surface area contributed by atoms with Gasteiger partial charge in [0.25, 0.3) is 0 Å². The predicted molar refractivity (Wildman–Crippen MR) is 96.0 cm³/mol. The minimum absolute atomic E-state index is 0.195. The van der Waals surface area contributed by atoms with Crippen molar-refractivity contribution in [3.63, 3.8) is 0 Å². The molecule has 1 N–H and O–H groups in total. The molecule has 0 aromatic carbocycles. The zero-order chi connectivity index (χ0) is 18.1. The summed E-state index contributed by atoms with van der Waals surface area (Å²) in [7, 11) is 0. The minimum Gasteiger partial charge on any atom is -0.481 e. The molecule has 0 rings (SSSR count). The van der Waals surface area contributed by atoms with E-state index in [0.29, 0.717) is 12.8 Å². The molecule has 22 heavy (non-hydrogen) atoms. The van der Waals surface area contributed by atoms with Crippen LogP contribution in [0.4, 0.5) is 0 Å². The SMILES string of the molecule is [2H]C([2H])(/C=C\C/C=C\CCCCC)/C=C\C/C=C\CCCC(=O)O. The summed E-state index contributed by atoms with van der Waals surface area (Å²) < 4.78 is 15.7. The van der Waals surface area contributed by atoms with Crippen LogP contribution in [0.5, 0.6) is 0 Å². The predicted octanol–water partition coefficient (Wildman–Crippen LogP) is 6.22. The fourth-order valence-corrected chi connectivity index (χ4v) is 1.80. The Morgan fingerprint density at radius 2 is 1.41 bits per heavy atom. The Labute approximate surface area is 139 Å². The fourth-order valence-electron chi connectivity index (χ4n) is 1.80. The number of carboxylic acids is 1. The summed E-state index contributed by atoms with van der Waals surface area (Å²) in [4.78, 5) is 10.3. The van der Waals surface area contributed by atoms with Crippen LogP contribution in [0.3, 0.4) is 0 Å². The molecule has 0 aliphatic rings. The van der Waals surface area contributed by atoms with E-state index in [4.69, 9.17) is 7.85 Å². The molecule has 0 spiro atoms. The van der Waals surface area contributed by atoms with Crippen LogP contribution in [-0.2, 0) is 4.79 Å². The first-order chi connectivity index (χ1) is 11.5. The van der Waals surface area contributed by atoms with Gasteiger partial charge >= 0.3 is 5.97 Å². The average Bonchev–Trinajstić information content (AvgIpc) is 2.52. The third kappa shape index (κ3) is 18.4. The van der Waals surface area contributed by atoms with Gasteiger partial charge in [-0.1, -0.05) is 68.4 Å². The molecule has 2 heteroatoms. The van der Waals surface area contributed by atoms with Gasteiger partial charge < -0.3 is 5.11 Å². The van der Waals surface area contributed by atoms with E-state index < -0.39 is 12.3 Å². The lowest BCUT2D eigenvalue weighted by molar-refractivity contribution is -0.137. The number of carboxylic acid groups (broad SMARTS) is 1. The second-order valence-corrected chi connectivity index (χ2v) is 5.17. The topological polar surface area (TPSA) is 37.3 Å². The molecular formula is C20H32O2. The maximum atomic E-state index is 10.3. The first-order valence-electron chi connectivity index (χ1n) is 9.35. The molecule has 0 heterocycles. The van der Waals surface area contributed by atoms with Gasteiger partial charge in [0.2, 0.25) is 0 Å². The second kappa shape index (κ2) is 17.5. The van der Waals surface area contributed by atoms with Crippen molar-refractivity contribution in [2.45, 2.75) is 71.1 Å². The molecular weight excluding hydrogens is 272 g/mol. The third-order valence-corrected chi connectivity index (χ3v) is 3.04. The van der Waals surface area contributed by atoms with E-state index in [1.165, 1.54) is 19.3 Å². The van der Waals surface area contributed by atoms with E-state index in [9.17, 15) is 4.79 Å². The van der Waals surface area contributed by atoms with E-state index >= 15 is 0 Å². The van der Waals surface area contributed by atoms with Gasteiger partial charge in [0.15, 0.2) is 0 Å². The Bertz CT molecular complexity index is 435. The summed E-state index contributed by atoms with van der Waals surface area (Å²) in [5.74, 6) is -0.765. The minimum atomic E-state index is -1.42. The van der Waals surface area contributed by atoms with Crippen LogP contribution >= 0.6 is 0 Å². The lowest BCUT2D eigenvalue weighted by Gasteiger charge is -1.90. The smallest absolute Gasteiger partial charge is 0.303 e. The van der Waals surface area contributed by atoms with Crippen molar-refractivity contribution in [1.29, 1.82) is 0 Å². The van der Waals surface area contributed by atoms with Gasteiger partial charge in [-0.3, -0.25) is 4.79 Å². The molecule has 0 atom stereocenters. The molecule has 0 aliphatic carbocycles. The van der Waals surface area contributed by atoms with Crippen LogP contribution in [0.25, 0.3) is 0 Å². The largest absolute Gasteiger partial charge is 0.481 e. The van der Waals surface area contributed by atoms with Gasteiger partial charge in [-0.15, -0.1) is 0 Å². The Morgan fingerprint density at radius 1 is 0.864 bits per heavy atom. The van der Waals surface area contributed by atoms with E-state index in [2.05, 4.69) is 19.1 Å². The normalized spacial score (nSPS) is 14.4. The van der Waals surface area contributed by atoms with Gasteiger partial charge in [-0.2, -0.15) is 0 Å². The lowest BCUT2D eigenvalue weighted by Crippen LogP contribution is -1.92. The molecule has 0 saturated carbocycles. The number of carbonyl (C=O) groups is 1. The highest BCUT2D eigenvalue weighted by Gasteiger charge is 1.92. The number of hydrogen-bond donors (Lipinski definition) is 1. The number of hydrogen-bond acceptors (Lipinski definition) is 1. The molecule has 0 bridgehead atoms. The first-order valence-corrected chi connectivity index (χ1v) is 8.35. The molecule has 2 nitrogen and oxygen atoms in total. The van der Waals surface area contributed by atoms with E-state index in [1.807, 2.05) is 18.2 Å². The Balaban J connectivity index is 3.87. The molecule has 0 saturated heterocycles. The Morgan fingerprint density at radius 3 is 1.95 bits per heavy atom. The molecule has 0 fully saturated rings. The first kappa shape index (κ1) is 16.8. The van der Waals surface area contributed by atoms with Crippen LogP contribution in [0.15, 0.2) is 48.6 Å². The van der Waals surface area contributed by atoms with Crippen molar-refractivity contribution >= 4 is 5.97 Å². The van der Waals surface area contributed by atoms with Crippen LogP contribution < -0.4 is 0 Å². The van der Waals surface area contributed by atoms with E-state index in [1.54, 1.807) is 18.2 Å². The molecule has 0 aromatic rings. The summed E-state index contributed by atoms with van der Waals surface area (Å²) in [6.45, 7) is 2.19. The number of aliphatic carboxylic acids is 1. The van der Waals surface area contributed by atoms with Crippen molar-refractivity contribution in [3.8, 4) is 0 Å². The maximum Gasteiger partial charge on any atom is 0.303 e. The third-order valence-electron chi connectivity index (χ3n) is 3.04. The highest BCUT2D eigenvalue weighted by molar-refractivity contribution is 5.66. The van der Waals surface area contributed by atoms with Gasteiger partial charge in [-0.25, -0.2) is 0 Å². The Hall–Kier alpha value is -1.57. The quantitative estimate of drug-likeness (QED) is 0.306. The monoisotopic (exact) mass is 306 g/mol. The summed E-state index contributed by atoms with van der Waals surface area (Å²) in [5, 5.41) is 8.51. The number of allylic oxidation sites excluding steroid dienone is 8. The van der Waals surface area contributed by atoms with Crippen LogP contribution in [0, 0.1) is 0 Å². The molecule has 124 valence electrons. The van der Waals surface area contributed by atoms with Gasteiger partial charge in [-0.05, 0) is 44.9 Å². The van der Waals surface area contributed by atoms with Crippen molar-refractivity contribution in [3.05, 3.63) is 48.6 Å². The van der Waals surface area contributed by atoms with E-state index in [0.717, 1.165) is 19.3 Å². The summed E-state index contributed by atoms with van der Waals surface area (Å²) in [6.07, 6.45) is 21.4. The van der Waals surface area contributed by atoms with Gasteiger partial charge in [0.1, 0.15) is 0 Å². The summed E-state index contributed by atoms with van der Waals surface area (Å²) in [5.41, 5.74) is 0. The Kier molecular flexibility index (Phi) is 13.3. The zero-order valence-corrected chi connectivity index (χ0v) is 13.8. The standard InChI is InChI=1S/C20H32O2/c1-2-3-4-5-6-7-8-9-10-11-12-13-14-15-16-17-18-19-20(21)22/h6-7,9-10,12-13,15-16H,2-5,8,11,14,17-19H2,1H3,(H,21,22)/b7-6-,10-9-,13-12-,16-15-/i11D2. The van der Waals surface area contributed by atoms with Crippen LogP contribution in [-0.4, -0.2) is 11.1 Å². The zero-order valence-electron chi connectivity index (χ0n) is 15.8. The van der Waals surface area contributed by atoms with Gasteiger partial charge in [0.05, 0.1) is 0 Å². The average molecular weight is 306 g/mol. The molecule has 0 amide bonds. The lowest BCUT2D eigenvalue weighted by atomic mass is 10.2. The van der Waals surface area contributed by atoms with Crippen molar-refractivity contribution < 1.29 is 12.6 Å². The molecule has 0 unspecified atom stereocenters. The summed E-state index contributed by atoms with van der Waals surface area (Å²) >= 11 is 0.